The predicted molar refractivity (Wildman–Crippen MR) is 56.3 cm³/mol. The van der Waals surface area contributed by atoms with Gasteiger partial charge in [0.1, 0.15) is 5.82 Å². The van der Waals surface area contributed by atoms with E-state index in [1.807, 2.05) is 19.9 Å². The second-order valence-electron chi connectivity index (χ2n) is 3.30. The molecule has 74 valence electrons. The minimum Gasteiger partial charge on any atom is -0.318 e. The van der Waals surface area contributed by atoms with Crippen molar-refractivity contribution in [2.75, 3.05) is 0 Å². The SMILES string of the molecule is CCC(N)C#Cc1cc(C)cc(F)c1. The summed E-state index contributed by atoms with van der Waals surface area (Å²) in [5.41, 5.74) is 7.19. The molecule has 0 aromatic heterocycles. The molecule has 0 saturated heterocycles. The van der Waals surface area contributed by atoms with Crippen molar-refractivity contribution in [3.8, 4) is 11.8 Å². The largest absolute Gasteiger partial charge is 0.318 e. The molecular weight excluding hydrogens is 177 g/mol. The fraction of sp³-hybridized carbons (Fsp3) is 0.333. The molecule has 0 aliphatic rings. The summed E-state index contributed by atoms with van der Waals surface area (Å²) in [4.78, 5) is 0. The first-order chi connectivity index (χ1) is 6.61. The highest BCUT2D eigenvalue weighted by Crippen LogP contribution is 2.06. The third-order valence-electron chi connectivity index (χ3n) is 1.88. The van der Waals surface area contributed by atoms with Gasteiger partial charge in [-0.15, -0.1) is 0 Å². The molecule has 14 heavy (non-hydrogen) atoms. The zero-order valence-electron chi connectivity index (χ0n) is 8.47. The first-order valence-corrected chi connectivity index (χ1v) is 4.66. The van der Waals surface area contributed by atoms with Gasteiger partial charge in [0.15, 0.2) is 0 Å². The van der Waals surface area contributed by atoms with Gasteiger partial charge in [-0.1, -0.05) is 18.8 Å². The van der Waals surface area contributed by atoms with Crippen molar-refractivity contribution in [3.63, 3.8) is 0 Å². The molecule has 0 saturated carbocycles. The highest BCUT2D eigenvalue weighted by molar-refractivity contribution is 5.38. The van der Waals surface area contributed by atoms with Gasteiger partial charge in [0.2, 0.25) is 0 Å². The Morgan fingerprint density at radius 2 is 2.14 bits per heavy atom. The average Bonchev–Trinajstić information content (AvgIpc) is 2.12. The Bertz CT molecular complexity index is 353. The Morgan fingerprint density at radius 1 is 1.43 bits per heavy atom. The summed E-state index contributed by atoms with van der Waals surface area (Å²) >= 11 is 0. The van der Waals surface area contributed by atoms with Crippen molar-refractivity contribution in [1.82, 2.24) is 0 Å². The van der Waals surface area contributed by atoms with Crippen LogP contribution in [0.3, 0.4) is 0 Å². The minimum absolute atomic E-state index is 0.126. The molecule has 0 bridgehead atoms. The van der Waals surface area contributed by atoms with Crippen molar-refractivity contribution in [2.24, 2.45) is 5.73 Å². The Kier molecular flexibility index (Phi) is 3.67. The van der Waals surface area contributed by atoms with Gasteiger partial charge in [-0.25, -0.2) is 4.39 Å². The van der Waals surface area contributed by atoms with E-state index < -0.39 is 0 Å². The summed E-state index contributed by atoms with van der Waals surface area (Å²) in [7, 11) is 0. The summed E-state index contributed by atoms with van der Waals surface area (Å²) in [6.45, 7) is 3.81. The standard InChI is InChI=1S/C12H14FN/c1-3-12(14)5-4-10-6-9(2)7-11(13)8-10/h6-8,12H,3,14H2,1-2H3. The summed E-state index contributed by atoms with van der Waals surface area (Å²) in [5, 5.41) is 0. The topological polar surface area (TPSA) is 26.0 Å². The van der Waals surface area contributed by atoms with E-state index in [9.17, 15) is 4.39 Å². The van der Waals surface area contributed by atoms with Gasteiger partial charge in [-0.05, 0) is 37.1 Å². The average molecular weight is 191 g/mol. The Labute approximate surface area is 84.1 Å². The minimum atomic E-state index is -0.251. The molecule has 1 aromatic carbocycles. The Hall–Kier alpha value is -1.33. The van der Waals surface area contributed by atoms with Crippen molar-refractivity contribution in [3.05, 3.63) is 35.1 Å². The van der Waals surface area contributed by atoms with E-state index >= 15 is 0 Å². The number of rotatable bonds is 1. The van der Waals surface area contributed by atoms with Crippen LogP contribution in [0, 0.1) is 24.6 Å². The quantitative estimate of drug-likeness (QED) is 0.677. The van der Waals surface area contributed by atoms with Crippen LogP contribution >= 0.6 is 0 Å². The highest BCUT2D eigenvalue weighted by Gasteiger charge is 1.95. The van der Waals surface area contributed by atoms with E-state index in [4.69, 9.17) is 5.73 Å². The van der Waals surface area contributed by atoms with E-state index in [0.29, 0.717) is 5.56 Å². The molecule has 0 fully saturated rings. The molecule has 0 heterocycles. The van der Waals surface area contributed by atoms with Gasteiger partial charge >= 0.3 is 0 Å². The van der Waals surface area contributed by atoms with Crippen LogP contribution < -0.4 is 5.73 Å². The number of hydrogen-bond acceptors (Lipinski definition) is 1. The Morgan fingerprint density at radius 3 is 2.71 bits per heavy atom. The molecule has 0 amide bonds. The van der Waals surface area contributed by atoms with Crippen LogP contribution in [-0.2, 0) is 0 Å². The summed E-state index contributed by atoms with van der Waals surface area (Å²) in [5.74, 6) is 5.48. The maximum absolute atomic E-state index is 12.9. The lowest BCUT2D eigenvalue weighted by Crippen LogP contribution is -2.15. The third-order valence-corrected chi connectivity index (χ3v) is 1.88. The molecule has 1 unspecified atom stereocenters. The zero-order chi connectivity index (χ0) is 10.6. The lowest BCUT2D eigenvalue weighted by atomic mass is 10.1. The van der Waals surface area contributed by atoms with Crippen molar-refractivity contribution in [1.29, 1.82) is 0 Å². The Balaban J connectivity index is 2.89. The van der Waals surface area contributed by atoms with Gasteiger partial charge in [0.25, 0.3) is 0 Å². The van der Waals surface area contributed by atoms with Crippen LogP contribution in [0.5, 0.6) is 0 Å². The first kappa shape index (κ1) is 10.7. The number of nitrogens with two attached hydrogens (primary N) is 1. The summed E-state index contributed by atoms with van der Waals surface area (Å²) < 4.78 is 12.9. The molecule has 1 aromatic rings. The molecule has 0 aliphatic carbocycles. The van der Waals surface area contributed by atoms with E-state index in [0.717, 1.165) is 12.0 Å². The van der Waals surface area contributed by atoms with E-state index in [1.165, 1.54) is 12.1 Å². The first-order valence-electron chi connectivity index (χ1n) is 4.66. The third kappa shape index (κ3) is 3.20. The lowest BCUT2D eigenvalue weighted by Gasteiger charge is -1.97. The van der Waals surface area contributed by atoms with Gasteiger partial charge in [0, 0.05) is 5.56 Å². The number of aryl methyl sites for hydroxylation is 1. The van der Waals surface area contributed by atoms with Crippen LogP contribution in [0.4, 0.5) is 4.39 Å². The van der Waals surface area contributed by atoms with Crippen LogP contribution in [0.1, 0.15) is 24.5 Å². The molecule has 1 rings (SSSR count). The highest BCUT2D eigenvalue weighted by atomic mass is 19.1. The maximum atomic E-state index is 12.9. The molecule has 0 aliphatic heterocycles. The number of benzene rings is 1. The fourth-order valence-corrected chi connectivity index (χ4v) is 1.09. The van der Waals surface area contributed by atoms with Gasteiger partial charge < -0.3 is 5.73 Å². The van der Waals surface area contributed by atoms with Crippen LogP contribution in [0.25, 0.3) is 0 Å². The summed E-state index contributed by atoms with van der Waals surface area (Å²) in [6.07, 6.45) is 0.807. The lowest BCUT2D eigenvalue weighted by molar-refractivity contribution is 0.626. The predicted octanol–water partition coefficient (Wildman–Crippen LogP) is 2.22. The van der Waals surface area contributed by atoms with Crippen LogP contribution in [0.2, 0.25) is 0 Å². The molecule has 1 atom stereocenters. The van der Waals surface area contributed by atoms with E-state index in [-0.39, 0.29) is 11.9 Å². The molecule has 1 nitrogen and oxygen atoms in total. The molecule has 0 spiro atoms. The van der Waals surface area contributed by atoms with Crippen LogP contribution in [-0.4, -0.2) is 6.04 Å². The van der Waals surface area contributed by atoms with Crippen LogP contribution in [0.15, 0.2) is 18.2 Å². The second-order valence-corrected chi connectivity index (χ2v) is 3.30. The smallest absolute Gasteiger partial charge is 0.124 e. The second kappa shape index (κ2) is 4.78. The van der Waals surface area contributed by atoms with Gasteiger partial charge in [-0.3, -0.25) is 0 Å². The maximum Gasteiger partial charge on any atom is 0.124 e. The zero-order valence-corrected chi connectivity index (χ0v) is 8.47. The van der Waals surface area contributed by atoms with Crippen molar-refractivity contribution < 1.29 is 4.39 Å². The van der Waals surface area contributed by atoms with Crippen molar-refractivity contribution in [2.45, 2.75) is 26.3 Å². The fourth-order valence-electron chi connectivity index (χ4n) is 1.09. The molecule has 2 N–H and O–H groups in total. The monoisotopic (exact) mass is 191 g/mol. The number of halogens is 1. The normalized spacial score (nSPS) is 11.7. The summed E-state index contributed by atoms with van der Waals surface area (Å²) in [6, 6.07) is 4.62. The van der Waals surface area contributed by atoms with E-state index in [2.05, 4.69) is 11.8 Å². The van der Waals surface area contributed by atoms with Gasteiger partial charge in [0.05, 0.1) is 6.04 Å². The van der Waals surface area contributed by atoms with Gasteiger partial charge in [-0.2, -0.15) is 0 Å². The van der Waals surface area contributed by atoms with Crippen molar-refractivity contribution >= 4 is 0 Å². The molecule has 2 heteroatoms. The number of hydrogen-bond donors (Lipinski definition) is 1. The van der Waals surface area contributed by atoms with E-state index in [1.54, 1.807) is 0 Å². The molecular formula is C12H14FN. The molecule has 0 radical (unpaired) electrons.